The molecule has 0 aliphatic heterocycles. The second-order valence-electron chi connectivity index (χ2n) is 4.71. The van der Waals surface area contributed by atoms with Gasteiger partial charge in [-0.1, -0.05) is 29.4 Å². The standard InChI is InChI=1S/C14H15ClN4O2S/c1-7-10(15)5-4-6-11(7)16-13(21)9(3)22-14-17-12(20)8(2)18-19-14/h4-6,9H,1-3H3,(H,16,21)(H,17,19,20)/t9-/m0/s1. The number of aryl methyl sites for hydroxylation is 1. The number of carbonyl (C=O) groups is 1. The molecule has 0 aliphatic rings. The molecule has 2 rings (SSSR count). The van der Waals surface area contributed by atoms with Crippen molar-refractivity contribution in [2.45, 2.75) is 31.2 Å². The molecule has 2 N–H and O–H groups in total. The summed E-state index contributed by atoms with van der Waals surface area (Å²) in [6, 6.07) is 5.31. The number of hydrogen-bond acceptors (Lipinski definition) is 5. The van der Waals surface area contributed by atoms with Crippen molar-refractivity contribution in [2.75, 3.05) is 5.32 Å². The van der Waals surface area contributed by atoms with Crippen LogP contribution in [-0.2, 0) is 4.79 Å². The van der Waals surface area contributed by atoms with Gasteiger partial charge in [0.05, 0.1) is 5.25 Å². The Morgan fingerprint density at radius 3 is 2.77 bits per heavy atom. The summed E-state index contributed by atoms with van der Waals surface area (Å²) < 4.78 is 0. The smallest absolute Gasteiger partial charge is 0.273 e. The Labute approximate surface area is 136 Å². The van der Waals surface area contributed by atoms with Crippen molar-refractivity contribution in [3.63, 3.8) is 0 Å². The second-order valence-corrected chi connectivity index (χ2v) is 6.44. The Morgan fingerprint density at radius 2 is 2.09 bits per heavy atom. The van der Waals surface area contributed by atoms with Crippen LogP contribution in [0.3, 0.4) is 0 Å². The third-order valence-electron chi connectivity index (χ3n) is 3.02. The maximum absolute atomic E-state index is 12.2. The second kappa shape index (κ2) is 6.93. The number of amides is 1. The molecule has 1 heterocycles. The van der Waals surface area contributed by atoms with Gasteiger partial charge in [-0.2, -0.15) is 0 Å². The molecule has 1 amide bonds. The SMILES string of the molecule is Cc1c(Cl)cccc1NC(=O)[C@H](C)Sc1nnc(C)c(=O)[nH]1. The molecule has 0 bridgehead atoms. The summed E-state index contributed by atoms with van der Waals surface area (Å²) in [5.41, 5.74) is 1.44. The van der Waals surface area contributed by atoms with Crippen LogP contribution in [0.2, 0.25) is 5.02 Å². The van der Waals surface area contributed by atoms with Crippen molar-refractivity contribution in [1.82, 2.24) is 15.2 Å². The number of nitrogens with zero attached hydrogens (tertiary/aromatic N) is 2. The van der Waals surface area contributed by atoms with Crippen LogP contribution >= 0.6 is 23.4 Å². The maximum Gasteiger partial charge on any atom is 0.273 e. The minimum Gasteiger partial charge on any atom is -0.325 e. The monoisotopic (exact) mass is 338 g/mol. The van der Waals surface area contributed by atoms with Gasteiger partial charge in [-0.15, -0.1) is 10.2 Å². The van der Waals surface area contributed by atoms with Gasteiger partial charge >= 0.3 is 0 Å². The fourth-order valence-electron chi connectivity index (χ4n) is 1.63. The average Bonchev–Trinajstić information content (AvgIpc) is 2.47. The van der Waals surface area contributed by atoms with Crippen molar-refractivity contribution in [3.8, 4) is 0 Å². The number of hydrogen-bond donors (Lipinski definition) is 2. The van der Waals surface area contributed by atoms with Gasteiger partial charge in [0.2, 0.25) is 5.91 Å². The summed E-state index contributed by atoms with van der Waals surface area (Å²) in [6.07, 6.45) is 0. The summed E-state index contributed by atoms with van der Waals surface area (Å²) in [6.45, 7) is 5.12. The molecule has 0 aliphatic carbocycles. The highest BCUT2D eigenvalue weighted by atomic mass is 35.5. The molecule has 1 atom stereocenters. The lowest BCUT2D eigenvalue weighted by atomic mass is 10.2. The number of halogens is 1. The average molecular weight is 339 g/mol. The Kier molecular flexibility index (Phi) is 5.20. The lowest BCUT2D eigenvalue weighted by molar-refractivity contribution is -0.115. The van der Waals surface area contributed by atoms with E-state index in [9.17, 15) is 9.59 Å². The highest BCUT2D eigenvalue weighted by Gasteiger charge is 2.17. The lowest BCUT2D eigenvalue weighted by Gasteiger charge is -2.13. The molecule has 2 aromatic rings. The zero-order chi connectivity index (χ0) is 16.3. The fraction of sp³-hybridized carbons (Fsp3) is 0.286. The predicted octanol–water partition coefficient (Wildman–Crippen LogP) is 2.55. The van der Waals surface area contributed by atoms with E-state index in [2.05, 4.69) is 20.5 Å². The number of anilines is 1. The van der Waals surface area contributed by atoms with Crippen molar-refractivity contribution < 1.29 is 4.79 Å². The summed E-state index contributed by atoms with van der Waals surface area (Å²) in [5.74, 6) is -0.210. The number of benzene rings is 1. The topological polar surface area (TPSA) is 87.7 Å². The van der Waals surface area contributed by atoms with Gasteiger partial charge in [-0.05, 0) is 38.5 Å². The first-order valence-corrected chi connectivity index (χ1v) is 7.80. The van der Waals surface area contributed by atoms with Crippen LogP contribution in [0.25, 0.3) is 0 Å². The lowest BCUT2D eigenvalue weighted by Crippen LogP contribution is -2.24. The molecule has 1 aromatic carbocycles. The van der Waals surface area contributed by atoms with Gasteiger partial charge in [0.25, 0.3) is 5.56 Å². The Balaban J connectivity index is 2.07. The molecule has 0 fully saturated rings. The molecular formula is C14H15ClN4O2S. The van der Waals surface area contributed by atoms with E-state index >= 15 is 0 Å². The van der Waals surface area contributed by atoms with Crippen LogP contribution < -0.4 is 10.9 Å². The number of nitrogens with one attached hydrogen (secondary N) is 2. The number of H-pyrrole nitrogens is 1. The first-order chi connectivity index (χ1) is 10.4. The molecule has 0 spiro atoms. The van der Waals surface area contributed by atoms with Gasteiger partial charge < -0.3 is 5.32 Å². The van der Waals surface area contributed by atoms with Crippen molar-refractivity contribution >= 4 is 35.0 Å². The molecule has 8 heteroatoms. The van der Waals surface area contributed by atoms with Gasteiger partial charge in [0.1, 0.15) is 5.69 Å². The minimum atomic E-state index is -0.453. The van der Waals surface area contributed by atoms with Crippen LogP contribution in [0, 0.1) is 13.8 Å². The van der Waals surface area contributed by atoms with Crippen LogP contribution in [-0.4, -0.2) is 26.3 Å². The van der Waals surface area contributed by atoms with Crippen LogP contribution in [0.4, 0.5) is 5.69 Å². The van der Waals surface area contributed by atoms with E-state index in [-0.39, 0.29) is 17.2 Å². The van der Waals surface area contributed by atoms with E-state index in [1.54, 1.807) is 32.0 Å². The van der Waals surface area contributed by atoms with E-state index < -0.39 is 5.25 Å². The zero-order valence-electron chi connectivity index (χ0n) is 12.3. The van der Waals surface area contributed by atoms with E-state index in [0.29, 0.717) is 15.9 Å². The predicted molar refractivity (Wildman–Crippen MR) is 87.5 cm³/mol. The summed E-state index contributed by atoms with van der Waals surface area (Å²) in [5, 5.41) is 10.8. The van der Waals surface area contributed by atoms with Crippen LogP contribution in [0.15, 0.2) is 28.2 Å². The normalized spacial score (nSPS) is 12.0. The Hall–Kier alpha value is -1.86. The summed E-state index contributed by atoms with van der Waals surface area (Å²) in [7, 11) is 0. The van der Waals surface area contributed by atoms with E-state index in [1.807, 2.05) is 6.92 Å². The molecule has 116 valence electrons. The van der Waals surface area contributed by atoms with Crippen molar-refractivity contribution in [2.24, 2.45) is 0 Å². The molecular weight excluding hydrogens is 324 g/mol. The van der Waals surface area contributed by atoms with Crippen molar-refractivity contribution in [1.29, 1.82) is 0 Å². The quantitative estimate of drug-likeness (QED) is 0.836. The van der Waals surface area contributed by atoms with Gasteiger partial charge in [0.15, 0.2) is 5.16 Å². The third kappa shape index (κ3) is 3.86. The summed E-state index contributed by atoms with van der Waals surface area (Å²) in [4.78, 5) is 26.3. The highest BCUT2D eigenvalue weighted by molar-refractivity contribution is 8.00. The van der Waals surface area contributed by atoms with E-state index in [0.717, 1.165) is 17.3 Å². The molecule has 22 heavy (non-hydrogen) atoms. The van der Waals surface area contributed by atoms with E-state index in [4.69, 9.17) is 11.6 Å². The molecule has 0 unspecified atom stereocenters. The largest absolute Gasteiger partial charge is 0.325 e. The molecule has 0 saturated heterocycles. The van der Waals surface area contributed by atoms with Crippen LogP contribution in [0.1, 0.15) is 18.2 Å². The summed E-state index contributed by atoms with van der Waals surface area (Å²) >= 11 is 7.15. The molecule has 0 saturated carbocycles. The maximum atomic E-state index is 12.2. The molecule has 1 aromatic heterocycles. The first-order valence-electron chi connectivity index (χ1n) is 6.54. The number of aromatic nitrogens is 3. The number of thioether (sulfide) groups is 1. The van der Waals surface area contributed by atoms with Gasteiger partial charge in [0, 0.05) is 10.7 Å². The Bertz CT molecular complexity index is 763. The molecule has 6 nitrogen and oxygen atoms in total. The van der Waals surface area contributed by atoms with Crippen molar-refractivity contribution in [3.05, 3.63) is 44.8 Å². The fourth-order valence-corrected chi connectivity index (χ4v) is 2.54. The Morgan fingerprint density at radius 1 is 1.36 bits per heavy atom. The van der Waals surface area contributed by atoms with Crippen LogP contribution in [0.5, 0.6) is 0 Å². The molecule has 0 radical (unpaired) electrons. The number of aromatic amines is 1. The number of rotatable bonds is 4. The highest BCUT2D eigenvalue weighted by Crippen LogP contribution is 2.25. The van der Waals surface area contributed by atoms with Gasteiger partial charge in [-0.3, -0.25) is 14.6 Å². The third-order valence-corrected chi connectivity index (χ3v) is 4.41. The first kappa shape index (κ1) is 16.5. The zero-order valence-corrected chi connectivity index (χ0v) is 13.9. The minimum absolute atomic E-state index is 0.210. The van der Waals surface area contributed by atoms with Gasteiger partial charge in [-0.25, -0.2) is 0 Å². The number of carbonyl (C=O) groups excluding carboxylic acids is 1. The van der Waals surface area contributed by atoms with E-state index in [1.165, 1.54) is 0 Å².